The van der Waals surface area contributed by atoms with Gasteiger partial charge in [0.1, 0.15) is 0 Å². The van der Waals surface area contributed by atoms with Crippen molar-refractivity contribution in [3.63, 3.8) is 0 Å². The number of piperidine rings is 1. The van der Waals surface area contributed by atoms with Crippen LogP contribution in [0.1, 0.15) is 35.4 Å². The van der Waals surface area contributed by atoms with Crippen LogP contribution in [0.15, 0.2) is 39.4 Å². The summed E-state index contributed by atoms with van der Waals surface area (Å²) in [5, 5.41) is 4.87. The summed E-state index contributed by atoms with van der Waals surface area (Å²) in [6.07, 6.45) is -1.60. The Hall–Kier alpha value is -2.49. The number of nitrogens with one attached hydrogen (secondary N) is 2. The van der Waals surface area contributed by atoms with Crippen LogP contribution in [0.5, 0.6) is 0 Å². The first-order chi connectivity index (χ1) is 13.7. The molecular formula is C19H19BrF3N3O3. The first-order valence-corrected chi connectivity index (χ1v) is 9.83. The molecule has 0 radical (unpaired) electrons. The van der Waals surface area contributed by atoms with Gasteiger partial charge in [0, 0.05) is 13.1 Å². The summed E-state index contributed by atoms with van der Waals surface area (Å²) < 4.78 is 44.8. The number of halogens is 4. The number of alkyl halides is 3. The normalized spacial score (nSPS) is 14.6. The van der Waals surface area contributed by atoms with Crippen LogP contribution in [0.3, 0.4) is 0 Å². The molecule has 0 aliphatic carbocycles. The van der Waals surface area contributed by atoms with Gasteiger partial charge in [0.05, 0.1) is 23.5 Å². The van der Waals surface area contributed by atoms with Gasteiger partial charge in [0.15, 0.2) is 10.4 Å². The maximum Gasteiger partial charge on any atom is 0.416 e. The van der Waals surface area contributed by atoms with Crippen molar-refractivity contribution in [1.82, 2.24) is 5.32 Å². The average Bonchev–Trinajstić information content (AvgIpc) is 3.12. The molecule has 1 saturated heterocycles. The number of carbonyl (C=O) groups excluding carboxylic acids is 2. The van der Waals surface area contributed by atoms with Gasteiger partial charge in [-0.2, -0.15) is 13.2 Å². The van der Waals surface area contributed by atoms with Crippen LogP contribution in [0.4, 0.5) is 24.5 Å². The average molecular weight is 474 g/mol. The van der Waals surface area contributed by atoms with Crippen molar-refractivity contribution in [2.45, 2.75) is 25.4 Å². The lowest BCUT2D eigenvalue weighted by molar-refractivity contribution is -0.137. The predicted octanol–water partition coefficient (Wildman–Crippen LogP) is 4.42. The fourth-order valence-corrected chi connectivity index (χ4v) is 3.41. The molecule has 0 spiro atoms. The van der Waals surface area contributed by atoms with E-state index in [-0.39, 0.29) is 11.4 Å². The molecule has 1 aromatic carbocycles. The molecule has 0 atom stereocenters. The van der Waals surface area contributed by atoms with E-state index in [1.165, 1.54) is 18.2 Å². The summed E-state index contributed by atoms with van der Waals surface area (Å²) in [5.74, 6) is -1.23. The maximum absolute atomic E-state index is 13.1. The van der Waals surface area contributed by atoms with Crippen molar-refractivity contribution in [2.75, 3.05) is 29.9 Å². The Morgan fingerprint density at radius 1 is 1.10 bits per heavy atom. The lowest BCUT2D eigenvalue weighted by Gasteiger charge is -2.31. The fraction of sp³-hybridized carbons (Fsp3) is 0.368. The second kappa shape index (κ2) is 8.89. The second-order valence-electron chi connectivity index (χ2n) is 6.61. The smallest absolute Gasteiger partial charge is 0.416 e. The molecule has 1 fully saturated rings. The minimum Gasteiger partial charge on any atom is -0.444 e. The molecule has 2 heterocycles. The molecular weight excluding hydrogens is 455 g/mol. The van der Waals surface area contributed by atoms with Crippen LogP contribution in [-0.2, 0) is 11.0 Å². The number of furan rings is 1. The number of benzene rings is 1. The topological polar surface area (TPSA) is 74.6 Å². The van der Waals surface area contributed by atoms with Gasteiger partial charge in [-0.25, -0.2) is 0 Å². The molecule has 0 bridgehead atoms. The van der Waals surface area contributed by atoms with Crippen molar-refractivity contribution in [3.8, 4) is 0 Å². The van der Waals surface area contributed by atoms with Gasteiger partial charge in [-0.15, -0.1) is 0 Å². The Morgan fingerprint density at radius 3 is 2.45 bits per heavy atom. The fourth-order valence-electron chi connectivity index (χ4n) is 3.10. The van der Waals surface area contributed by atoms with E-state index in [2.05, 4.69) is 26.6 Å². The predicted molar refractivity (Wildman–Crippen MR) is 105 cm³/mol. The first kappa shape index (κ1) is 21.2. The van der Waals surface area contributed by atoms with Crippen molar-refractivity contribution in [2.24, 2.45) is 0 Å². The summed E-state index contributed by atoms with van der Waals surface area (Å²) >= 11 is 3.07. The molecule has 1 aliphatic rings. The van der Waals surface area contributed by atoms with Gasteiger partial charge in [-0.1, -0.05) is 0 Å². The molecule has 10 heteroatoms. The Labute approximate surface area is 173 Å². The number of hydrogen-bond acceptors (Lipinski definition) is 4. The second-order valence-corrected chi connectivity index (χ2v) is 7.39. The van der Waals surface area contributed by atoms with Gasteiger partial charge in [0.2, 0.25) is 5.91 Å². The van der Waals surface area contributed by atoms with Crippen molar-refractivity contribution in [3.05, 3.63) is 46.3 Å². The third-order valence-electron chi connectivity index (χ3n) is 4.50. The Morgan fingerprint density at radius 2 is 1.83 bits per heavy atom. The van der Waals surface area contributed by atoms with E-state index in [1.54, 1.807) is 0 Å². The van der Waals surface area contributed by atoms with E-state index in [1.807, 2.05) is 4.90 Å². The van der Waals surface area contributed by atoms with Gasteiger partial charge in [-0.3, -0.25) is 9.59 Å². The highest BCUT2D eigenvalue weighted by Crippen LogP contribution is 2.36. The minimum absolute atomic E-state index is 0.0118. The highest BCUT2D eigenvalue weighted by atomic mass is 79.9. The first-order valence-electron chi connectivity index (χ1n) is 9.03. The van der Waals surface area contributed by atoms with Gasteiger partial charge in [-0.05, 0) is 65.5 Å². The molecule has 2 aromatic rings. The van der Waals surface area contributed by atoms with Gasteiger partial charge < -0.3 is 20.0 Å². The largest absolute Gasteiger partial charge is 0.444 e. The van der Waals surface area contributed by atoms with Crippen LogP contribution >= 0.6 is 15.9 Å². The van der Waals surface area contributed by atoms with Crippen LogP contribution in [-0.4, -0.2) is 31.4 Å². The minimum atomic E-state index is -4.53. The van der Waals surface area contributed by atoms with E-state index in [0.29, 0.717) is 23.4 Å². The van der Waals surface area contributed by atoms with Crippen molar-refractivity contribution < 1.29 is 27.2 Å². The maximum atomic E-state index is 13.1. The molecule has 2 amide bonds. The number of hydrogen-bond donors (Lipinski definition) is 2. The van der Waals surface area contributed by atoms with Crippen molar-refractivity contribution >= 4 is 39.1 Å². The molecule has 29 heavy (non-hydrogen) atoms. The van der Waals surface area contributed by atoms with E-state index in [0.717, 1.165) is 31.4 Å². The van der Waals surface area contributed by atoms with Crippen LogP contribution in [0.2, 0.25) is 0 Å². The quantitative estimate of drug-likeness (QED) is 0.673. The molecule has 0 unspecified atom stereocenters. The zero-order chi connectivity index (χ0) is 21.0. The molecule has 6 nitrogen and oxygen atoms in total. The molecule has 2 N–H and O–H groups in total. The summed E-state index contributed by atoms with van der Waals surface area (Å²) in [6.45, 7) is 1.00. The number of nitrogens with zero attached hydrogens (tertiary/aromatic N) is 1. The molecule has 0 saturated carbocycles. The van der Waals surface area contributed by atoms with E-state index >= 15 is 0 Å². The summed E-state index contributed by atoms with van der Waals surface area (Å²) in [6, 6.07) is 6.27. The van der Waals surface area contributed by atoms with Gasteiger partial charge >= 0.3 is 6.18 Å². The number of anilines is 2. The van der Waals surface area contributed by atoms with E-state index in [4.69, 9.17) is 4.42 Å². The van der Waals surface area contributed by atoms with Crippen LogP contribution in [0.25, 0.3) is 0 Å². The number of rotatable bonds is 5. The lowest BCUT2D eigenvalue weighted by Crippen LogP contribution is -2.34. The van der Waals surface area contributed by atoms with Crippen LogP contribution in [0, 0.1) is 0 Å². The molecule has 156 valence electrons. The number of amides is 2. The summed E-state index contributed by atoms with van der Waals surface area (Å²) in [5.41, 5.74) is -0.243. The highest BCUT2D eigenvalue weighted by Gasteiger charge is 2.32. The monoisotopic (exact) mass is 473 g/mol. The Bertz CT molecular complexity index is 892. The Balaban J connectivity index is 1.72. The third kappa shape index (κ3) is 5.53. The van der Waals surface area contributed by atoms with Crippen LogP contribution < -0.4 is 15.5 Å². The van der Waals surface area contributed by atoms with E-state index < -0.39 is 30.1 Å². The number of carbonyl (C=O) groups is 2. The third-order valence-corrected chi connectivity index (χ3v) is 4.93. The zero-order valence-corrected chi connectivity index (χ0v) is 16.9. The van der Waals surface area contributed by atoms with Gasteiger partial charge in [0.25, 0.3) is 5.91 Å². The summed E-state index contributed by atoms with van der Waals surface area (Å²) in [7, 11) is 0. The zero-order valence-electron chi connectivity index (χ0n) is 15.3. The summed E-state index contributed by atoms with van der Waals surface area (Å²) in [4.78, 5) is 26.2. The SMILES string of the molecule is O=C(CNC(=O)c1ccc(Br)o1)Nc1cc(C(F)(F)F)ccc1N1CCCCC1. The molecule has 1 aromatic heterocycles. The van der Waals surface area contributed by atoms with Crippen molar-refractivity contribution in [1.29, 1.82) is 0 Å². The standard InChI is InChI=1S/C19H19BrF3N3O3/c20-16-7-6-15(29-16)18(28)24-11-17(27)25-13-10-12(19(21,22)23)4-5-14(13)26-8-2-1-3-9-26/h4-7,10H,1-3,8-9,11H2,(H,24,28)(H,25,27). The highest BCUT2D eigenvalue weighted by molar-refractivity contribution is 9.10. The van der Waals surface area contributed by atoms with E-state index in [9.17, 15) is 22.8 Å². The molecule has 1 aliphatic heterocycles. The lowest BCUT2D eigenvalue weighted by atomic mass is 10.1. The Kier molecular flexibility index (Phi) is 6.51. The molecule has 3 rings (SSSR count).